The van der Waals surface area contributed by atoms with E-state index < -0.39 is 47.8 Å². The highest BCUT2D eigenvalue weighted by molar-refractivity contribution is 5.78. The number of esters is 2. The smallest absolute Gasteiger partial charge is 0.379 e. The summed E-state index contributed by atoms with van der Waals surface area (Å²) in [5.74, 6) is -8.16. The minimum Gasteiger partial charge on any atom is -0.461 e. The van der Waals surface area contributed by atoms with Gasteiger partial charge in [0, 0.05) is 5.92 Å². The third-order valence-electron chi connectivity index (χ3n) is 3.00. The van der Waals surface area contributed by atoms with Crippen molar-refractivity contribution in [3.63, 3.8) is 0 Å². The van der Waals surface area contributed by atoms with Gasteiger partial charge in [0.25, 0.3) is 0 Å². The number of hydrogen-bond donors (Lipinski definition) is 1. The second-order valence-electron chi connectivity index (χ2n) is 6.49. The SMILES string of the molecule is CCOC(=O)C(F)(F)[C@H](O)[C@@H](CC(=O)OC(C)(C)C)C(C)C. The largest absolute Gasteiger partial charge is 0.461 e. The number of aliphatic hydroxyl groups is 1. The van der Waals surface area contributed by atoms with E-state index >= 15 is 0 Å². The van der Waals surface area contributed by atoms with Crippen molar-refractivity contribution in [2.45, 2.75) is 65.6 Å². The molecule has 0 aliphatic heterocycles. The second kappa shape index (κ2) is 7.85. The number of ether oxygens (including phenoxy) is 2. The van der Waals surface area contributed by atoms with Crippen molar-refractivity contribution < 1.29 is 33.0 Å². The molecule has 2 atom stereocenters. The molecule has 22 heavy (non-hydrogen) atoms. The van der Waals surface area contributed by atoms with Gasteiger partial charge in [-0.1, -0.05) is 13.8 Å². The number of alkyl halides is 2. The Morgan fingerprint density at radius 3 is 2.05 bits per heavy atom. The van der Waals surface area contributed by atoms with Gasteiger partial charge in [-0.3, -0.25) is 4.79 Å². The Kier molecular flexibility index (Phi) is 7.41. The molecule has 0 aromatic carbocycles. The minimum absolute atomic E-state index is 0.223. The average Bonchev–Trinajstić information content (AvgIpc) is 2.32. The van der Waals surface area contributed by atoms with Crippen molar-refractivity contribution in [3.8, 4) is 0 Å². The lowest BCUT2D eigenvalue weighted by Crippen LogP contribution is -2.48. The van der Waals surface area contributed by atoms with Crippen LogP contribution in [0.5, 0.6) is 0 Å². The topological polar surface area (TPSA) is 72.8 Å². The van der Waals surface area contributed by atoms with Crippen LogP contribution in [0.25, 0.3) is 0 Å². The molecule has 0 radical (unpaired) electrons. The Morgan fingerprint density at radius 1 is 1.18 bits per heavy atom. The first-order valence-electron chi connectivity index (χ1n) is 7.27. The zero-order chi connectivity index (χ0) is 17.7. The van der Waals surface area contributed by atoms with E-state index in [0.29, 0.717) is 0 Å². The number of rotatable bonds is 7. The van der Waals surface area contributed by atoms with Crippen molar-refractivity contribution >= 4 is 11.9 Å². The molecule has 0 heterocycles. The van der Waals surface area contributed by atoms with Gasteiger partial charge >= 0.3 is 17.9 Å². The summed E-state index contributed by atoms with van der Waals surface area (Å²) < 4.78 is 37.2. The maximum absolute atomic E-state index is 13.9. The van der Waals surface area contributed by atoms with Crippen LogP contribution in [0.2, 0.25) is 0 Å². The lowest BCUT2D eigenvalue weighted by Gasteiger charge is -2.31. The second-order valence-corrected chi connectivity index (χ2v) is 6.49. The predicted octanol–water partition coefficient (Wildman–Crippen LogP) is 2.55. The number of carbonyl (C=O) groups is 2. The summed E-state index contributed by atoms with van der Waals surface area (Å²) in [6.07, 6.45) is -2.73. The summed E-state index contributed by atoms with van der Waals surface area (Å²) in [6, 6.07) is 0. The van der Waals surface area contributed by atoms with E-state index in [0.717, 1.165) is 0 Å². The number of carbonyl (C=O) groups excluding carboxylic acids is 2. The van der Waals surface area contributed by atoms with Crippen LogP contribution in [-0.2, 0) is 19.1 Å². The summed E-state index contributed by atoms with van der Waals surface area (Å²) in [5, 5.41) is 9.89. The zero-order valence-corrected chi connectivity index (χ0v) is 14.0. The molecule has 0 amide bonds. The molecule has 0 aliphatic carbocycles. The van der Waals surface area contributed by atoms with Crippen LogP contribution in [0.3, 0.4) is 0 Å². The highest BCUT2D eigenvalue weighted by Crippen LogP contribution is 2.32. The van der Waals surface area contributed by atoms with Gasteiger partial charge in [0.2, 0.25) is 0 Å². The molecule has 0 saturated heterocycles. The third-order valence-corrected chi connectivity index (χ3v) is 3.00. The van der Waals surface area contributed by atoms with Gasteiger partial charge in [-0.05, 0) is 33.6 Å². The summed E-state index contributed by atoms with van der Waals surface area (Å²) >= 11 is 0. The van der Waals surface area contributed by atoms with Gasteiger partial charge < -0.3 is 14.6 Å². The fraction of sp³-hybridized carbons (Fsp3) is 0.867. The van der Waals surface area contributed by atoms with E-state index in [4.69, 9.17) is 4.74 Å². The molecule has 0 unspecified atom stereocenters. The number of halogens is 2. The van der Waals surface area contributed by atoms with Crippen LogP contribution in [-0.4, -0.2) is 41.3 Å². The molecule has 0 aromatic rings. The van der Waals surface area contributed by atoms with E-state index in [1.54, 1.807) is 34.6 Å². The van der Waals surface area contributed by atoms with Gasteiger partial charge in [-0.2, -0.15) is 8.78 Å². The van der Waals surface area contributed by atoms with Crippen LogP contribution in [0.15, 0.2) is 0 Å². The van der Waals surface area contributed by atoms with Gasteiger partial charge in [0.05, 0.1) is 13.0 Å². The Hall–Kier alpha value is -1.24. The normalized spacial score (nSPS) is 15.4. The lowest BCUT2D eigenvalue weighted by molar-refractivity contribution is -0.198. The maximum atomic E-state index is 13.9. The monoisotopic (exact) mass is 324 g/mol. The first kappa shape index (κ1) is 20.8. The Balaban J connectivity index is 5.09. The summed E-state index contributed by atoms with van der Waals surface area (Å²) in [7, 11) is 0. The molecule has 1 N–H and O–H groups in total. The molecule has 0 bridgehead atoms. The lowest BCUT2D eigenvalue weighted by atomic mass is 9.84. The molecular formula is C15H26F2O5. The van der Waals surface area contributed by atoms with Crippen molar-refractivity contribution in [3.05, 3.63) is 0 Å². The van der Waals surface area contributed by atoms with E-state index in [9.17, 15) is 23.5 Å². The van der Waals surface area contributed by atoms with Gasteiger partial charge in [-0.15, -0.1) is 0 Å². The molecule has 5 nitrogen and oxygen atoms in total. The van der Waals surface area contributed by atoms with E-state index in [1.165, 1.54) is 6.92 Å². The van der Waals surface area contributed by atoms with Crippen molar-refractivity contribution in [1.82, 2.24) is 0 Å². The third kappa shape index (κ3) is 6.25. The molecule has 0 fully saturated rings. The van der Waals surface area contributed by atoms with E-state index in [2.05, 4.69) is 4.74 Å². The van der Waals surface area contributed by atoms with Crippen molar-refractivity contribution in [2.75, 3.05) is 6.61 Å². The Morgan fingerprint density at radius 2 is 1.68 bits per heavy atom. The number of aliphatic hydroxyl groups excluding tert-OH is 1. The maximum Gasteiger partial charge on any atom is 0.379 e. The van der Waals surface area contributed by atoms with Crippen LogP contribution in [0, 0.1) is 11.8 Å². The van der Waals surface area contributed by atoms with Crippen LogP contribution in [0.4, 0.5) is 8.78 Å². The molecular weight excluding hydrogens is 298 g/mol. The summed E-state index contributed by atoms with van der Waals surface area (Å²) in [4.78, 5) is 23.1. The highest BCUT2D eigenvalue weighted by atomic mass is 19.3. The van der Waals surface area contributed by atoms with Crippen LogP contribution in [0.1, 0.15) is 48.0 Å². The summed E-state index contributed by atoms with van der Waals surface area (Å²) in [6.45, 7) is 9.29. The van der Waals surface area contributed by atoms with Gasteiger partial charge in [0.15, 0.2) is 0 Å². The van der Waals surface area contributed by atoms with E-state index in [-0.39, 0.29) is 6.61 Å². The average molecular weight is 324 g/mol. The first-order chi connectivity index (χ1) is 9.82. The quantitative estimate of drug-likeness (QED) is 0.729. The van der Waals surface area contributed by atoms with Gasteiger partial charge in [0.1, 0.15) is 11.7 Å². The Labute approximate surface area is 130 Å². The minimum atomic E-state index is -4.08. The molecule has 130 valence electrons. The van der Waals surface area contributed by atoms with Crippen molar-refractivity contribution in [1.29, 1.82) is 0 Å². The molecule has 7 heteroatoms. The summed E-state index contributed by atoms with van der Waals surface area (Å²) in [5.41, 5.74) is -0.757. The van der Waals surface area contributed by atoms with Crippen LogP contribution >= 0.6 is 0 Å². The molecule has 0 spiro atoms. The Bertz CT molecular complexity index is 388. The molecule has 0 rings (SSSR count). The number of hydrogen-bond acceptors (Lipinski definition) is 5. The van der Waals surface area contributed by atoms with Crippen molar-refractivity contribution in [2.24, 2.45) is 11.8 Å². The molecule has 0 aromatic heterocycles. The standard InChI is InChI=1S/C15H26F2O5/c1-7-21-13(20)15(16,17)12(19)10(9(2)3)8-11(18)22-14(4,5)6/h9-10,12,19H,7-8H2,1-6H3/t10-,12+/m0/s1. The predicted molar refractivity (Wildman–Crippen MR) is 76.4 cm³/mol. The zero-order valence-electron chi connectivity index (χ0n) is 14.0. The highest BCUT2D eigenvalue weighted by Gasteiger charge is 2.52. The fourth-order valence-electron chi connectivity index (χ4n) is 1.90. The van der Waals surface area contributed by atoms with Crippen LogP contribution < -0.4 is 0 Å². The first-order valence-corrected chi connectivity index (χ1v) is 7.27. The van der Waals surface area contributed by atoms with E-state index in [1.807, 2.05) is 0 Å². The van der Waals surface area contributed by atoms with Gasteiger partial charge in [-0.25, -0.2) is 4.79 Å². The molecule has 0 aliphatic rings. The molecule has 0 saturated carbocycles. The fourth-order valence-corrected chi connectivity index (χ4v) is 1.90.